The highest BCUT2D eigenvalue weighted by Crippen LogP contribution is 2.27. The van der Waals surface area contributed by atoms with Crippen LogP contribution in [0.15, 0.2) is 69.9 Å². The first-order valence-electron chi connectivity index (χ1n) is 10.9. The summed E-state index contributed by atoms with van der Waals surface area (Å²) in [5.41, 5.74) is 2.60. The summed E-state index contributed by atoms with van der Waals surface area (Å²) in [6.07, 6.45) is -0.274. The highest BCUT2D eigenvalue weighted by Gasteiger charge is 2.32. The molecule has 176 valence electrons. The van der Waals surface area contributed by atoms with Crippen LogP contribution in [-0.4, -0.2) is 56.3 Å². The van der Waals surface area contributed by atoms with Gasteiger partial charge in [-0.15, -0.1) is 11.3 Å². The van der Waals surface area contributed by atoms with E-state index in [1.807, 2.05) is 55.6 Å². The number of ether oxygens (including phenoxy) is 2. The third kappa shape index (κ3) is 5.44. The molecule has 0 unspecified atom stereocenters. The summed E-state index contributed by atoms with van der Waals surface area (Å²) < 4.78 is 41.4. The van der Waals surface area contributed by atoms with Gasteiger partial charge in [0.1, 0.15) is 0 Å². The minimum atomic E-state index is -3.63. The Morgan fingerprint density at radius 3 is 2.52 bits per heavy atom. The highest BCUT2D eigenvalue weighted by molar-refractivity contribution is 7.89. The second-order valence-corrected chi connectivity index (χ2v) is 10.9. The third-order valence-corrected chi connectivity index (χ3v) is 8.14. The van der Waals surface area contributed by atoms with Crippen LogP contribution in [0.25, 0.3) is 11.3 Å². The summed E-state index contributed by atoms with van der Waals surface area (Å²) in [5.74, 6) is 0. The van der Waals surface area contributed by atoms with Gasteiger partial charge in [0, 0.05) is 37.7 Å². The molecule has 4 rings (SSSR count). The number of para-hydroxylation sites is 1. The lowest BCUT2D eigenvalue weighted by atomic mass is 10.2. The fraction of sp³-hybridized carbons (Fsp3) is 0.375. The molecule has 0 amide bonds. The van der Waals surface area contributed by atoms with Crippen LogP contribution in [0.5, 0.6) is 0 Å². The molecule has 1 fully saturated rings. The average molecular weight is 488 g/mol. The topological polar surface area (TPSA) is 73.1 Å². The van der Waals surface area contributed by atoms with Gasteiger partial charge in [-0.3, -0.25) is 0 Å². The number of benzene rings is 2. The van der Waals surface area contributed by atoms with Crippen LogP contribution in [0.3, 0.4) is 0 Å². The van der Waals surface area contributed by atoms with Crippen LogP contribution in [0.4, 0.5) is 5.69 Å². The molecule has 1 saturated heterocycles. The normalized spacial score (nSPS) is 20.3. The Kier molecular flexibility index (Phi) is 7.45. The Morgan fingerprint density at radius 2 is 1.82 bits per heavy atom. The molecular weight excluding hydrogens is 458 g/mol. The van der Waals surface area contributed by atoms with Gasteiger partial charge in [-0.2, -0.15) is 4.31 Å². The van der Waals surface area contributed by atoms with Gasteiger partial charge in [0.2, 0.25) is 10.0 Å². The molecular formula is C24H29N3O4S2. The minimum absolute atomic E-state index is 0.137. The van der Waals surface area contributed by atoms with E-state index in [0.29, 0.717) is 26.2 Å². The molecule has 0 aliphatic carbocycles. The fourth-order valence-electron chi connectivity index (χ4n) is 3.95. The van der Waals surface area contributed by atoms with E-state index in [2.05, 4.69) is 4.57 Å². The van der Waals surface area contributed by atoms with Gasteiger partial charge in [-0.25, -0.2) is 13.4 Å². The molecule has 3 aromatic rings. The molecule has 9 heteroatoms. The van der Waals surface area contributed by atoms with E-state index in [4.69, 9.17) is 14.5 Å². The second kappa shape index (κ2) is 10.3. The SMILES string of the molecule is COCCn1c(-c2cccc(S(=O)(=O)N3C[C@H](C)O[C@@H](C)C3)c2)csc1=Nc1ccccc1. The van der Waals surface area contributed by atoms with Crippen LogP contribution in [0, 0.1) is 0 Å². The number of morpholine rings is 1. The second-order valence-electron chi connectivity index (χ2n) is 8.10. The number of hydrogen-bond donors (Lipinski definition) is 0. The number of methoxy groups -OCH3 is 1. The van der Waals surface area contributed by atoms with Crippen LogP contribution < -0.4 is 4.80 Å². The molecule has 33 heavy (non-hydrogen) atoms. The first-order chi connectivity index (χ1) is 15.9. The molecule has 0 saturated carbocycles. The first-order valence-corrected chi connectivity index (χ1v) is 13.2. The fourth-order valence-corrected chi connectivity index (χ4v) is 6.55. The number of thiazole rings is 1. The summed E-state index contributed by atoms with van der Waals surface area (Å²) in [5, 5.41) is 2.02. The molecule has 0 radical (unpaired) electrons. The zero-order valence-corrected chi connectivity index (χ0v) is 20.7. The van der Waals surface area contributed by atoms with Crippen molar-refractivity contribution < 1.29 is 17.9 Å². The number of sulfonamides is 1. The van der Waals surface area contributed by atoms with E-state index >= 15 is 0 Å². The monoisotopic (exact) mass is 487 g/mol. The van der Waals surface area contributed by atoms with Crippen LogP contribution in [0.1, 0.15) is 13.8 Å². The van der Waals surface area contributed by atoms with Crippen LogP contribution >= 0.6 is 11.3 Å². The molecule has 2 heterocycles. The van der Waals surface area contributed by atoms with Crippen molar-refractivity contribution in [3.8, 4) is 11.3 Å². The maximum atomic E-state index is 13.4. The maximum Gasteiger partial charge on any atom is 0.243 e. The Morgan fingerprint density at radius 1 is 1.09 bits per heavy atom. The minimum Gasteiger partial charge on any atom is -0.383 e. The van der Waals surface area contributed by atoms with Crippen molar-refractivity contribution in [2.75, 3.05) is 26.8 Å². The first kappa shape index (κ1) is 23.8. The molecule has 1 aliphatic heterocycles. The smallest absolute Gasteiger partial charge is 0.243 e. The van der Waals surface area contributed by atoms with E-state index in [1.165, 1.54) is 15.6 Å². The molecule has 0 N–H and O–H groups in total. The van der Waals surface area contributed by atoms with E-state index < -0.39 is 10.0 Å². The van der Waals surface area contributed by atoms with Crippen molar-refractivity contribution in [3.05, 3.63) is 64.8 Å². The lowest BCUT2D eigenvalue weighted by molar-refractivity contribution is -0.0440. The van der Waals surface area contributed by atoms with Crippen molar-refractivity contribution in [2.45, 2.75) is 37.5 Å². The summed E-state index contributed by atoms with van der Waals surface area (Å²) in [6.45, 7) is 5.63. The van der Waals surface area contributed by atoms with Crippen molar-refractivity contribution >= 4 is 27.0 Å². The lowest BCUT2D eigenvalue weighted by Gasteiger charge is -2.34. The van der Waals surface area contributed by atoms with E-state index in [0.717, 1.165) is 21.7 Å². The van der Waals surface area contributed by atoms with Gasteiger partial charge >= 0.3 is 0 Å². The molecule has 2 aromatic carbocycles. The molecule has 7 nitrogen and oxygen atoms in total. The van der Waals surface area contributed by atoms with Crippen LogP contribution in [0.2, 0.25) is 0 Å². The average Bonchev–Trinajstić information content (AvgIpc) is 3.20. The van der Waals surface area contributed by atoms with Crippen molar-refractivity contribution in [2.24, 2.45) is 4.99 Å². The van der Waals surface area contributed by atoms with E-state index in [9.17, 15) is 8.42 Å². The van der Waals surface area contributed by atoms with E-state index in [-0.39, 0.29) is 17.1 Å². The van der Waals surface area contributed by atoms with Gasteiger partial charge in [-0.1, -0.05) is 30.3 Å². The molecule has 0 spiro atoms. The quantitative estimate of drug-likeness (QED) is 0.507. The van der Waals surface area contributed by atoms with Crippen LogP contribution in [-0.2, 0) is 26.0 Å². The van der Waals surface area contributed by atoms with Gasteiger partial charge in [-0.05, 0) is 38.1 Å². The largest absolute Gasteiger partial charge is 0.383 e. The zero-order chi connectivity index (χ0) is 23.4. The standard InChI is InChI=1S/C24H29N3O4S2/c1-18-15-26(16-19(2)31-18)33(28,29)22-11-7-8-20(14-22)23-17-32-24(27(23)12-13-30-3)25-21-9-5-4-6-10-21/h4-11,14,17-19H,12-13,15-16H2,1-3H3/t18-,19-/m0/s1. The van der Waals surface area contributed by atoms with Gasteiger partial charge in [0.15, 0.2) is 4.80 Å². The van der Waals surface area contributed by atoms with Crippen molar-refractivity contribution in [1.82, 2.24) is 8.87 Å². The summed E-state index contributed by atoms with van der Waals surface area (Å²) >= 11 is 1.52. The summed E-state index contributed by atoms with van der Waals surface area (Å²) in [4.78, 5) is 5.90. The summed E-state index contributed by atoms with van der Waals surface area (Å²) in [7, 11) is -1.97. The Balaban J connectivity index is 1.73. The molecule has 2 atom stereocenters. The number of aromatic nitrogens is 1. The number of nitrogens with zero attached hydrogens (tertiary/aromatic N) is 3. The molecule has 0 bridgehead atoms. The predicted molar refractivity (Wildman–Crippen MR) is 130 cm³/mol. The van der Waals surface area contributed by atoms with Gasteiger partial charge in [0.25, 0.3) is 0 Å². The summed E-state index contributed by atoms with van der Waals surface area (Å²) in [6, 6.07) is 16.9. The lowest BCUT2D eigenvalue weighted by Crippen LogP contribution is -2.48. The van der Waals surface area contributed by atoms with Gasteiger partial charge < -0.3 is 14.0 Å². The predicted octanol–water partition coefficient (Wildman–Crippen LogP) is 3.89. The highest BCUT2D eigenvalue weighted by atomic mass is 32.2. The molecule has 1 aromatic heterocycles. The Bertz CT molecular complexity index is 1240. The maximum absolute atomic E-state index is 13.4. The van der Waals surface area contributed by atoms with Crippen molar-refractivity contribution in [3.63, 3.8) is 0 Å². The Hall–Kier alpha value is -2.30. The van der Waals surface area contributed by atoms with Gasteiger partial charge in [0.05, 0.1) is 35.1 Å². The third-order valence-electron chi connectivity index (χ3n) is 5.45. The number of hydrogen-bond acceptors (Lipinski definition) is 6. The van der Waals surface area contributed by atoms with E-state index in [1.54, 1.807) is 25.3 Å². The molecule has 1 aliphatic rings. The number of rotatable bonds is 7. The zero-order valence-electron chi connectivity index (χ0n) is 19.0. The Labute approximate surface area is 199 Å². The van der Waals surface area contributed by atoms with Crippen molar-refractivity contribution in [1.29, 1.82) is 0 Å².